The third kappa shape index (κ3) is 4.48. The molecule has 22 heavy (non-hydrogen) atoms. The predicted molar refractivity (Wildman–Crippen MR) is 91.2 cm³/mol. The molecule has 0 bridgehead atoms. The monoisotopic (exact) mass is 302 g/mol. The van der Waals surface area contributed by atoms with Crippen LogP contribution in [-0.4, -0.2) is 37.5 Å². The van der Waals surface area contributed by atoms with Gasteiger partial charge in [-0.25, -0.2) is 0 Å². The molecule has 0 radical (unpaired) electrons. The molecule has 1 aliphatic rings. The van der Waals surface area contributed by atoms with Crippen LogP contribution in [0.1, 0.15) is 27.2 Å². The van der Waals surface area contributed by atoms with E-state index in [1.165, 1.54) is 0 Å². The SMILES string of the molecule is CCNC(=NCC(C)C)NC1CC(=O)N(c2ccccc2)C1. The van der Waals surface area contributed by atoms with Crippen molar-refractivity contribution in [2.45, 2.75) is 33.2 Å². The number of nitrogens with zero attached hydrogens (tertiary/aromatic N) is 2. The van der Waals surface area contributed by atoms with Crippen LogP contribution in [0.3, 0.4) is 0 Å². The van der Waals surface area contributed by atoms with E-state index < -0.39 is 0 Å². The minimum Gasteiger partial charge on any atom is -0.357 e. The molecule has 1 aromatic carbocycles. The van der Waals surface area contributed by atoms with E-state index in [4.69, 9.17) is 0 Å². The maximum absolute atomic E-state index is 12.2. The molecular weight excluding hydrogens is 276 g/mol. The van der Waals surface area contributed by atoms with Crippen molar-refractivity contribution in [1.29, 1.82) is 0 Å². The number of hydrogen-bond donors (Lipinski definition) is 2. The molecule has 1 atom stereocenters. The fourth-order valence-electron chi connectivity index (χ4n) is 2.45. The second kappa shape index (κ2) is 7.82. The van der Waals surface area contributed by atoms with Crippen molar-refractivity contribution in [3.05, 3.63) is 30.3 Å². The highest BCUT2D eigenvalue weighted by molar-refractivity contribution is 5.97. The second-order valence-electron chi connectivity index (χ2n) is 6.00. The molecule has 5 nitrogen and oxygen atoms in total. The quantitative estimate of drug-likeness (QED) is 0.646. The van der Waals surface area contributed by atoms with Crippen molar-refractivity contribution in [2.24, 2.45) is 10.9 Å². The van der Waals surface area contributed by atoms with Crippen LogP contribution in [0.4, 0.5) is 5.69 Å². The van der Waals surface area contributed by atoms with Crippen LogP contribution in [0.15, 0.2) is 35.3 Å². The Morgan fingerprint density at radius 2 is 2.09 bits per heavy atom. The average molecular weight is 302 g/mol. The Kier molecular flexibility index (Phi) is 5.81. The first kappa shape index (κ1) is 16.3. The molecule has 2 N–H and O–H groups in total. The van der Waals surface area contributed by atoms with E-state index in [0.717, 1.165) is 24.7 Å². The van der Waals surface area contributed by atoms with E-state index in [2.05, 4.69) is 29.5 Å². The minimum atomic E-state index is 0.0951. The van der Waals surface area contributed by atoms with E-state index in [1.807, 2.05) is 42.2 Å². The number of aliphatic imine (C=N–C) groups is 1. The highest BCUT2D eigenvalue weighted by atomic mass is 16.2. The van der Waals surface area contributed by atoms with Gasteiger partial charge in [0.25, 0.3) is 0 Å². The Morgan fingerprint density at radius 3 is 2.73 bits per heavy atom. The fourth-order valence-corrected chi connectivity index (χ4v) is 2.45. The Balaban J connectivity index is 1.99. The number of para-hydroxylation sites is 1. The molecule has 0 aliphatic carbocycles. The van der Waals surface area contributed by atoms with Gasteiger partial charge in [0.1, 0.15) is 0 Å². The van der Waals surface area contributed by atoms with E-state index in [0.29, 0.717) is 18.9 Å². The lowest BCUT2D eigenvalue weighted by atomic mass is 10.2. The second-order valence-corrected chi connectivity index (χ2v) is 6.00. The summed E-state index contributed by atoms with van der Waals surface area (Å²) in [6.45, 7) is 8.59. The lowest BCUT2D eigenvalue weighted by molar-refractivity contribution is -0.117. The molecule has 0 spiro atoms. The van der Waals surface area contributed by atoms with Crippen molar-refractivity contribution in [3.63, 3.8) is 0 Å². The zero-order valence-electron chi connectivity index (χ0n) is 13.7. The standard InChI is InChI=1S/C17H26N4O/c1-4-18-17(19-11-13(2)3)20-14-10-16(22)21(12-14)15-8-6-5-7-9-15/h5-9,13-14H,4,10-12H2,1-3H3,(H2,18,19,20). The van der Waals surface area contributed by atoms with Crippen molar-refractivity contribution in [3.8, 4) is 0 Å². The lowest BCUT2D eigenvalue weighted by Crippen LogP contribution is -2.44. The van der Waals surface area contributed by atoms with Crippen LogP contribution in [0.25, 0.3) is 0 Å². The maximum atomic E-state index is 12.2. The van der Waals surface area contributed by atoms with Gasteiger partial charge in [-0.1, -0.05) is 32.0 Å². The summed E-state index contributed by atoms with van der Waals surface area (Å²) in [4.78, 5) is 18.6. The van der Waals surface area contributed by atoms with E-state index in [9.17, 15) is 4.79 Å². The van der Waals surface area contributed by atoms with Gasteiger partial charge in [0.05, 0.1) is 6.04 Å². The molecule has 5 heteroatoms. The van der Waals surface area contributed by atoms with Gasteiger partial charge in [-0.3, -0.25) is 9.79 Å². The van der Waals surface area contributed by atoms with Crippen molar-refractivity contribution < 1.29 is 4.79 Å². The van der Waals surface area contributed by atoms with Gasteiger partial charge in [-0.05, 0) is 25.0 Å². The molecule has 1 fully saturated rings. The van der Waals surface area contributed by atoms with Crippen LogP contribution >= 0.6 is 0 Å². The number of nitrogens with one attached hydrogen (secondary N) is 2. The van der Waals surface area contributed by atoms with E-state index >= 15 is 0 Å². The van der Waals surface area contributed by atoms with Crippen molar-refractivity contribution >= 4 is 17.6 Å². The van der Waals surface area contributed by atoms with Gasteiger partial charge in [-0.15, -0.1) is 0 Å². The topological polar surface area (TPSA) is 56.7 Å². The molecule has 1 amide bonds. The number of rotatable bonds is 5. The largest absolute Gasteiger partial charge is 0.357 e. The molecule has 120 valence electrons. The van der Waals surface area contributed by atoms with E-state index in [-0.39, 0.29) is 11.9 Å². The molecule has 1 unspecified atom stereocenters. The van der Waals surface area contributed by atoms with Crippen LogP contribution in [-0.2, 0) is 4.79 Å². The van der Waals surface area contributed by atoms with Gasteiger partial charge in [-0.2, -0.15) is 0 Å². The summed E-state index contributed by atoms with van der Waals surface area (Å²) in [5.74, 6) is 1.47. The maximum Gasteiger partial charge on any atom is 0.229 e. The first-order valence-corrected chi connectivity index (χ1v) is 8.00. The molecule has 1 heterocycles. The van der Waals surface area contributed by atoms with Gasteiger partial charge in [0.15, 0.2) is 5.96 Å². The molecule has 1 aliphatic heterocycles. The number of guanidine groups is 1. The van der Waals surface area contributed by atoms with Gasteiger partial charge in [0, 0.05) is 31.7 Å². The summed E-state index contributed by atoms with van der Waals surface area (Å²) in [6.07, 6.45) is 0.501. The number of benzene rings is 1. The zero-order valence-corrected chi connectivity index (χ0v) is 13.7. The summed E-state index contributed by atoms with van der Waals surface area (Å²) in [5, 5.41) is 6.62. The van der Waals surface area contributed by atoms with Crippen LogP contribution in [0.5, 0.6) is 0 Å². The smallest absolute Gasteiger partial charge is 0.229 e. The average Bonchev–Trinajstić information content (AvgIpc) is 2.86. The molecule has 0 saturated carbocycles. The minimum absolute atomic E-state index is 0.0951. The Hall–Kier alpha value is -2.04. The summed E-state index contributed by atoms with van der Waals surface area (Å²) in [7, 11) is 0. The third-order valence-electron chi connectivity index (χ3n) is 3.49. The number of hydrogen-bond acceptors (Lipinski definition) is 2. The summed E-state index contributed by atoms with van der Waals surface area (Å²) >= 11 is 0. The van der Waals surface area contributed by atoms with Gasteiger partial charge >= 0.3 is 0 Å². The Labute approximate surface area is 132 Å². The van der Waals surface area contributed by atoms with Crippen LogP contribution in [0, 0.1) is 5.92 Å². The Morgan fingerprint density at radius 1 is 1.36 bits per heavy atom. The summed E-state index contributed by atoms with van der Waals surface area (Å²) in [6, 6.07) is 9.91. The molecule has 0 aromatic heterocycles. The fraction of sp³-hybridized carbons (Fsp3) is 0.529. The molecule has 1 saturated heterocycles. The molecule has 1 aromatic rings. The molecule has 2 rings (SSSR count). The first-order chi connectivity index (χ1) is 10.6. The van der Waals surface area contributed by atoms with Gasteiger partial charge < -0.3 is 15.5 Å². The zero-order chi connectivity index (χ0) is 15.9. The third-order valence-corrected chi connectivity index (χ3v) is 3.49. The van der Waals surface area contributed by atoms with Gasteiger partial charge in [0.2, 0.25) is 5.91 Å². The summed E-state index contributed by atoms with van der Waals surface area (Å²) in [5.41, 5.74) is 0.959. The number of carbonyl (C=O) groups is 1. The number of carbonyl (C=O) groups excluding carboxylic acids is 1. The van der Waals surface area contributed by atoms with Crippen LogP contribution in [0.2, 0.25) is 0 Å². The summed E-state index contributed by atoms with van der Waals surface area (Å²) < 4.78 is 0. The normalized spacial score (nSPS) is 18.9. The highest BCUT2D eigenvalue weighted by Crippen LogP contribution is 2.20. The number of amides is 1. The number of anilines is 1. The van der Waals surface area contributed by atoms with Crippen molar-refractivity contribution in [1.82, 2.24) is 10.6 Å². The lowest BCUT2D eigenvalue weighted by Gasteiger charge is -2.19. The first-order valence-electron chi connectivity index (χ1n) is 8.00. The van der Waals surface area contributed by atoms with E-state index in [1.54, 1.807) is 0 Å². The highest BCUT2D eigenvalue weighted by Gasteiger charge is 2.30. The Bertz CT molecular complexity index is 513. The predicted octanol–water partition coefficient (Wildman–Crippen LogP) is 2.00. The molecular formula is C17H26N4O. The van der Waals surface area contributed by atoms with Crippen LogP contribution < -0.4 is 15.5 Å². The van der Waals surface area contributed by atoms with Crippen molar-refractivity contribution in [2.75, 3.05) is 24.5 Å².